The maximum absolute atomic E-state index is 11.2. The molecule has 0 aromatic rings. The van der Waals surface area contributed by atoms with Crippen LogP contribution in [0, 0.1) is 5.92 Å². The van der Waals surface area contributed by atoms with E-state index in [1.165, 1.54) is 0 Å². The summed E-state index contributed by atoms with van der Waals surface area (Å²) in [5, 5.41) is 0. The van der Waals surface area contributed by atoms with E-state index in [4.69, 9.17) is 0 Å². The molecular formula is C12H22O. The van der Waals surface area contributed by atoms with E-state index < -0.39 is 0 Å². The zero-order chi connectivity index (χ0) is 10.1. The van der Waals surface area contributed by atoms with E-state index in [0.29, 0.717) is 11.7 Å². The molecule has 1 heteroatoms. The summed E-state index contributed by atoms with van der Waals surface area (Å²) in [5.74, 6) is 1.08. The second kappa shape index (κ2) is 8.03. The minimum atomic E-state index is 0.426. The lowest BCUT2D eigenvalue weighted by Gasteiger charge is -2.06. The molecule has 1 unspecified atom stereocenters. The van der Waals surface area contributed by atoms with E-state index in [2.05, 4.69) is 26.0 Å². The van der Waals surface area contributed by atoms with Crippen molar-refractivity contribution in [2.75, 3.05) is 0 Å². The lowest BCUT2D eigenvalue weighted by atomic mass is 9.99. The monoisotopic (exact) mass is 182 g/mol. The highest BCUT2D eigenvalue weighted by molar-refractivity contribution is 5.78. The molecule has 1 nitrogen and oxygen atoms in total. The Kier molecular flexibility index (Phi) is 7.66. The van der Waals surface area contributed by atoms with Gasteiger partial charge in [-0.15, -0.1) is 0 Å². The second-order valence-corrected chi connectivity index (χ2v) is 3.74. The van der Waals surface area contributed by atoms with E-state index >= 15 is 0 Å². The van der Waals surface area contributed by atoms with Crippen molar-refractivity contribution in [1.29, 1.82) is 0 Å². The molecule has 0 saturated heterocycles. The van der Waals surface area contributed by atoms with Crippen LogP contribution in [-0.4, -0.2) is 5.78 Å². The molecule has 13 heavy (non-hydrogen) atoms. The van der Waals surface area contributed by atoms with Crippen molar-refractivity contribution < 1.29 is 4.79 Å². The third kappa shape index (κ3) is 7.76. The van der Waals surface area contributed by atoms with Gasteiger partial charge in [-0.05, 0) is 32.1 Å². The first-order valence-corrected chi connectivity index (χ1v) is 5.33. The van der Waals surface area contributed by atoms with Crippen LogP contribution in [-0.2, 0) is 4.79 Å². The van der Waals surface area contributed by atoms with Gasteiger partial charge in [-0.25, -0.2) is 0 Å². The van der Waals surface area contributed by atoms with Gasteiger partial charge in [0.2, 0.25) is 0 Å². The first-order chi connectivity index (χ1) is 6.20. The van der Waals surface area contributed by atoms with Gasteiger partial charge >= 0.3 is 0 Å². The molecule has 0 aliphatic rings. The van der Waals surface area contributed by atoms with Crippen molar-refractivity contribution in [1.82, 2.24) is 0 Å². The second-order valence-electron chi connectivity index (χ2n) is 3.74. The van der Waals surface area contributed by atoms with Crippen molar-refractivity contribution in [3.8, 4) is 0 Å². The van der Waals surface area contributed by atoms with Crippen LogP contribution in [0.4, 0.5) is 0 Å². The number of allylic oxidation sites excluding steroid dienone is 2. The van der Waals surface area contributed by atoms with Gasteiger partial charge in [0.25, 0.3) is 0 Å². The van der Waals surface area contributed by atoms with Gasteiger partial charge in [0.05, 0.1) is 0 Å². The largest absolute Gasteiger partial charge is 0.300 e. The van der Waals surface area contributed by atoms with Crippen molar-refractivity contribution >= 4 is 5.78 Å². The average molecular weight is 182 g/mol. The molecule has 0 aliphatic heterocycles. The zero-order valence-electron chi connectivity index (χ0n) is 9.18. The highest BCUT2D eigenvalue weighted by Gasteiger charge is 2.04. The summed E-state index contributed by atoms with van der Waals surface area (Å²) in [4.78, 5) is 11.2. The van der Waals surface area contributed by atoms with E-state index in [-0.39, 0.29) is 0 Å². The zero-order valence-corrected chi connectivity index (χ0v) is 9.18. The molecule has 0 N–H and O–H groups in total. The van der Waals surface area contributed by atoms with E-state index in [1.807, 2.05) is 6.92 Å². The van der Waals surface area contributed by atoms with Crippen LogP contribution in [0.3, 0.4) is 0 Å². The van der Waals surface area contributed by atoms with Gasteiger partial charge in [-0.3, -0.25) is 4.79 Å². The standard InChI is InChI=1S/C12H22O/c1-4-6-8-11(3)9-10-12(13)7-5-2/h4,6,11H,5,7-10H2,1-3H3. The highest BCUT2D eigenvalue weighted by atomic mass is 16.1. The predicted molar refractivity (Wildman–Crippen MR) is 57.7 cm³/mol. The van der Waals surface area contributed by atoms with Crippen LogP contribution in [0.5, 0.6) is 0 Å². The summed E-state index contributed by atoms with van der Waals surface area (Å²) >= 11 is 0. The average Bonchev–Trinajstić information content (AvgIpc) is 2.12. The van der Waals surface area contributed by atoms with Crippen LogP contribution in [0.25, 0.3) is 0 Å². The number of Topliss-reactive ketones (excluding diaryl/α,β-unsaturated/α-hetero) is 1. The van der Waals surface area contributed by atoms with Gasteiger partial charge < -0.3 is 0 Å². The van der Waals surface area contributed by atoms with Crippen LogP contribution in [0.15, 0.2) is 12.2 Å². The Hall–Kier alpha value is -0.590. The Labute approximate surface area is 82.2 Å². The quantitative estimate of drug-likeness (QED) is 0.548. The molecule has 1 atom stereocenters. The number of carbonyl (C=O) groups excluding carboxylic acids is 1. The number of hydrogen-bond donors (Lipinski definition) is 0. The van der Waals surface area contributed by atoms with E-state index in [9.17, 15) is 4.79 Å². The fourth-order valence-corrected chi connectivity index (χ4v) is 1.30. The molecule has 0 bridgehead atoms. The summed E-state index contributed by atoms with van der Waals surface area (Å²) in [6.45, 7) is 6.30. The maximum Gasteiger partial charge on any atom is 0.132 e. The number of carbonyl (C=O) groups is 1. The summed E-state index contributed by atoms with van der Waals surface area (Å²) in [6.07, 6.45) is 8.92. The molecule has 0 aliphatic carbocycles. The van der Waals surface area contributed by atoms with Crippen LogP contribution >= 0.6 is 0 Å². The summed E-state index contributed by atoms with van der Waals surface area (Å²) in [7, 11) is 0. The Morgan fingerprint density at radius 3 is 2.62 bits per heavy atom. The topological polar surface area (TPSA) is 17.1 Å². The fraction of sp³-hybridized carbons (Fsp3) is 0.750. The molecular weight excluding hydrogens is 160 g/mol. The molecule has 76 valence electrons. The third-order valence-corrected chi connectivity index (χ3v) is 2.22. The molecule has 0 radical (unpaired) electrons. The smallest absolute Gasteiger partial charge is 0.132 e. The lowest BCUT2D eigenvalue weighted by Crippen LogP contribution is -2.01. The Morgan fingerprint density at radius 2 is 2.08 bits per heavy atom. The van der Waals surface area contributed by atoms with Crippen LogP contribution in [0.1, 0.15) is 52.9 Å². The maximum atomic E-state index is 11.2. The van der Waals surface area contributed by atoms with Crippen molar-refractivity contribution in [3.63, 3.8) is 0 Å². The molecule has 0 fully saturated rings. The molecule has 0 saturated carbocycles. The number of hydrogen-bond acceptors (Lipinski definition) is 1. The summed E-state index contributed by atoms with van der Waals surface area (Å²) in [6, 6.07) is 0. The minimum Gasteiger partial charge on any atom is -0.300 e. The summed E-state index contributed by atoms with van der Waals surface area (Å²) < 4.78 is 0. The minimum absolute atomic E-state index is 0.426. The van der Waals surface area contributed by atoms with Gasteiger partial charge in [-0.1, -0.05) is 26.0 Å². The van der Waals surface area contributed by atoms with Gasteiger partial charge in [0, 0.05) is 12.8 Å². The van der Waals surface area contributed by atoms with E-state index in [1.54, 1.807) is 0 Å². The first kappa shape index (κ1) is 12.4. The lowest BCUT2D eigenvalue weighted by molar-refractivity contribution is -0.119. The summed E-state index contributed by atoms with van der Waals surface area (Å²) in [5.41, 5.74) is 0. The Morgan fingerprint density at radius 1 is 1.38 bits per heavy atom. The molecule has 0 heterocycles. The molecule has 0 rings (SSSR count). The van der Waals surface area contributed by atoms with Crippen LogP contribution < -0.4 is 0 Å². The first-order valence-electron chi connectivity index (χ1n) is 5.33. The SMILES string of the molecule is CC=CCC(C)CCC(=O)CCC. The Balaban J connectivity index is 3.45. The Bertz CT molecular complexity index is 159. The molecule has 0 spiro atoms. The predicted octanol–water partition coefficient (Wildman–Crippen LogP) is 3.74. The highest BCUT2D eigenvalue weighted by Crippen LogP contribution is 2.12. The van der Waals surface area contributed by atoms with E-state index in [0.717, 1.165) is 32.1 Å². The van der Waals surface area contributed by atoms with Gasteiger partial charge in [-0.2, -0.15) is 0 Å². The number of rotatable bonds is 7. The van der Waals surface area contributed by atoms with Crippen molar-refractivity contribution in [2.45, 2.75) is 52.9 Å². The molecule has 0 amide bonds. The molecule has 0 aromatic carbocycles. The fourth-order valence-electron chi connectivity index (χ4n) is 1.30. The van der Waals surface area contributed by atoms with Crippen LogP contribution in [0.2, 0.25) is 0 Å². The third-order valence-electron chi connectivity index (χ3n) is 2.22. The number of ketones is 1. The normalized spacial score (nSPS) is 13.5. The van der Waals surface area contributed by atoms with Gasteiger partial charge in [0.15, 0.2) is 0 Å². The van der Waals surface area contributed by atoms with Crippen molar-refractivity contribution in [2.24, 2.45) is 5.92 Å². The van der Waals surface area contributed by atoms with Gasteiger partial charge in [0.1, 0.15) is 5.78 Å². The van der Waals surface area contributed by atoms with Crippen molar-refractivity contribution in [3.05, 3.63) is 12.2 Å². The molecule has 0 aromatic heterocycles.